The van der Waals surface area contributed by atoms with Crippen LogP contribution in [0, 0.1) is 0 Å². The molecule has 1 aromatic carbocycles. The number of hydrogen-bond acceptors (Lipinski definition) is 3. The van der Waals surface area contributed by atoms with Crippen LogP contribution in [0.25, 0.3) is 0 Å². The van der Waals surface area contributed by atoms with Gasteiger partial charge in [-0.1, -0.05) is 17.7 Å². The van der Waals surface area contributed by atoms with Gasteiger partial charge in [0.2, 0.25) is 0 Å². The monoisotopic (exact) mass is 312 g/mol. The zero-order valence-corrected chi connectivity index (χ0v) is 11.2. The van der Waals surface area contributed by atoms with Gasteiger partial charge >= 0.3 is 0 Å². The largest absolute Gasteiger partial charge is 0.508 e. The quantitative estimate of drug-likeness (QED) is 0.905. The fourth-order valence-electron chi connectivity index (χ4n) is 1.42. The number of anilines is 1. The van der Waals surface area contributed by atoms with Gasteiger partial charge in [0.15, 0.2) is 0 Å². The Hall–Kier alpha value is -1.26. The van der Waals surface area contributed by atoms with Crippen molar-refractivity contribution in [1.82, 2.24) is 4.98 Å². The van der Waals surface area contributed by atoms with Crippen molar-refractivity contribution in [3.8, 4) is 5.75 Å². The third kappa shape index (κ3) is 3.11. The summed E-state index contributed by atoms with van der Waals surface area (Å²) < 4.78 is 0.894. The van der Waals surface area contributed by atoms with E-state index in [0.29, 0.717) is 17.1 Å². The van der Waals surface area contributed by atoms with Crippen LogP contribution in [0.15, 0.2) is 41.1 Å². The van der Waals surface area contributed by atoms with Gasteiger partial charge in [-0.25, -0.2) is 0 Å². The summed E-state index contributed by atoms with van der Waals surface area (Å²) in [6.45, 7) is 0.448. The number of phenolic OH excluding ortho intramolecular Hbond substituents is 1. The summed E-state index contributed by atoms with van der Waals surface area (Å²) in [6, 6.07) is 6.97. The molecule has 0 aliphatic heterocycles. The number of aromatic nitrogens is 1. The molecule has 0 amide bonds. The molecule has 0 aliphatic carbocycles. The van der Waals surface area contributed by atoms with Crippen LogP contribution in [0.3, 0.4) is 0 Å². The second kappa shape index (κ2) is 5.38. The maximum Gasteiger partial charge on any atom is 0.122 e. The van der Waals surface area contributed by atoms with Crippen LogP contribution in [0.4, 0.5) is 5.69 Å². The molecule has 0 spiro atoms. The average molecular weight is 314 g/mol. The third-order valence-electron chi connectivity index (χ3n) is 2.27. The first-order chi connectivity index (χ1) is 8.16. The van der Waals surface area contributed by atoms with Crippen LogP contribution < -0.4 is 5.32 Å². The standard InChI is InChI=1S/C12H10BrClN2O/c13-8-4-9(6-15-5-8)16-7-10-11(14)2-1-3-12(10)17/h1-6,16-17H,7H2. The number of nitrogens with zero attached hydrogens (tertiary/aromatic N) is 1. The van der Waals surface area contributed by atoms with Gasteiger partial charge in [-0.05, 0) is 34.1 Å². The first-order valence-electron chi connectivity index (χ1n) is 4.97. The zero-order chi connectivity index (χ0) is 12.3. The Morgan fingerprint density at radius 2 is 2.18 bits per heavy atom. The highest BCUT2D eigenvalue weighted by atomic mass is 79.9. The van der Waals surface area contributed by atoms with Crippen LogP contribution >= 0.6 is 27.5 Å². The normalized spacial score (nSPS) is 10.2. The summed E-state index contributed by atoms with van der Waals surface area (Å²) in [5.74, 6) is 0.188. The fourth-order valence-corrected chi connectivity index (χ4v) is 2.02. The molecule has 0 saturated heterocycles. The molecule has 0 atom stereocenters. The average Bonchev–Trinajstić information content (AvgIpc) is 2.28. The summed E-state index contributed by atoms with van der Waals surface area (Å²) in [5, 5.41) is 13.4. The molecule has 3 nitrogen and oxygen atoms in total. The summed E-state index contributed by atoms with van der Waals surface area (Å²) in [4.78, 5) is 4.04. The zero-order valence-electron chi connectivity index (χ0n) is 8.82. The molecular weight excluding hydrogens is 304 g/mol. The number of nitrogens with one attached hydrogen (secondary N) is 1. The Morgan fingerprint density at radius 1 is 1.35 bits per heavy atom. The Kier molecular flexibility index (Phi) is 3.86. The highest BCUT2D eigenvalue weighted by molar-refractivity contribution is 9.10. The lowest BCUT2D eigenvalue weighted by Crippen LogP contribution is -2.00. The Morgan fingerprint density at radius 3 is 2.88 bits per heavy atom. The molecule has 0 aliphatic rings. The minimum Gasteiger partial charge on any atom is -0.508 e. The Labute approximate surface area is 113 Å². The van der Waals surface area contributed by atoms with E-state index in [2.05, 4.69) is 26.2 Å². The summed E-state index contributed by atoms with van der Waals surface area (Å²) in [5.41, 5.74) is 1.54. The van der Waals surface area contributed by atoms with Crippen LogP contribution in [0.5, 0.6) is 5.75 Å². The van der Waals surface area contributed by atoms with Gasteiger partial charge in [0, 0.05) is 27.8 Å². The van der Waals surface area contributed by atoms with E-state index in [1.807, 2.05) is 6.07 Å². The predicted molar refractivity (Wildman–Crippen MR) is 72.4 cm³/mol. The van der Waals surface area contributed by atoms with E-state index in [1.54, 1.807) is 30.6 Å². The van der Waals surface area contributed by atoms with Gasteiger partial charge in [-0.15, -0.1) is 0 Å². The molecule has 0 bridgehead atoms. The molecule has 0 saturated carbocycles. The van der Waals surface area contributed by atoms with E-state index in [1.165, 1.54) is 0 Å². The lowest BCUT2D eigenvalue weighted by atomic mass is 10.2. The van der Waals surface area contributed by atoms with E-state index in [4.69, 9.17) is 11.6 Å². The van der Waals surface area contributed by atoms with Gasteiger partial charge in [0.05, 0.1) is 11.9 Å². The molecule has 17 heavy (non-hydrogen) atoms. The maximum absolute atomic E-state index is 9.67. The lowest BCUT2D eigenvalue weighted by molar-refractivity contribution is 0.469. The Bertz CT molecular complexity index is 513. The highest BCUT2D eigenvalue weighted by Gasteiger charge is 2.05. The number of benzene rings is 1. The number of halogens is 2. The molecule has 0 fully saturated rings. The number of hydrogen-bond donors (Lipinski definition) is 2. The van der Waals surface area contributed by atoms with Gasteiger partial charge in [0.1, 0.15) is 5.75 Å². The first kappa shape index (κ1) is 12.2. The second-order valence-electron chi connectivity index (χ2n) is 3.48. The van der Waals surface area contributed by atoms with Crippen molar-refractivity contribution < 1.29 is 5.11 Å². The van der Waals surface area contributed by atoms with Gasteiger partial charge in [-0.3, -0.25) is 4.98 Å². The first-order valence-corrected chi connectivity index (χ1v) is 6.14. The van der Waals surface area contributed by atoms with Crippen molar-refractivity contribution in [2.24, 2.45) is 0 Å². The van der Waals surface area contributed by atoms with Crippen LogP contribution in [0.2, 0.25) is 5.02 Å². The molecule has 2 aromatic rings. The summed E-state index contributed by atoms with van der Waals surface area (Å²) >= 11 is 9.34. The van der Waals surface area contributed by atoms with Crippen molar-refractivity contribution in [3.05, 3.63) is 51.7 Å². The highest BCUT2D eigenvalue weighted by Crippen LogP contribution is 2.26. The van der Waals surface area contributed by atoms with Gasteiger partial charge in [-0.2, -0.15) is 0 Å². The maximum atomic E-state index is 9.67. The summed E-state index contributed by atoms with van der Waals surface area (Å²) in [6.07, 6.45) is 3.41. The number of rotatable bonds is 3. The minimum atomic E-state index is 0.188. The van der Waals surface area contributed by atoms with Crippen LogP contribution in [-0.4, -0.2) is 10.1 Å². The molecule has 1 heterocycles. The smallest absolute Gasteiger partial charge is 0.122 e. The fraction of sp³-hybridized carbons (Fsp3) is 0.0833. The van der Waals surface area contributed by atoms with E-state index in [0.717, 1.165) is 10.2 Å². The molecule has 2 rings (SSSR count). The number of aromatic hydroxyl groups is 1. The second-order valence-corrected chi connectivity index (χ2v) is 4.81. The molecule has 5 heteroatoms. The molecule has 1 aromatic heterocycles. The number of phenols is 1. The lowest BCUT2D eigenvalue weighted by Gasteiger charge is -2.09. The molecule has 0 radical (unpaired) electrons. The third-order valence-corrected chi connectivity index (χ3v) is 3.06. The van der Waals surface area contributed by atoms with Crippen LogP contribution in [0.1, 0.15) is 5.56 Å². The van der Waals surface area contributed by atoms with Crippen molar-refractivity contribution in [3.63, 3.8) is 0 Å². The minimum absolute atomic E-state index is 0.188. The van der Waals surface area contributed by atoms with Crippen molar-refractivity contribution in [1.29, 1.82) is 0 Å². The molecule has 0 unspecified atom stereocenters. The van der Waals surface area contributed by atoms with E-state index >= 15 is 0 Å². The van der Waals surface area contributed by atoms with Crippen molar-refractivity contribution >= 4 is 33.2 Å². The predicted octanol–water partition coefficient (Wildman–Crippen LogP) is 3.82. The van der Waals surface area contributed by atoms with Crippen molar-refractivity contribution in [2.75, 3.05) is 5.32 Å². The van der Waals surface area contributed by atoms with Crippen LogP contribution in [-0.2, 0) is 6.54 Å². The Balaban J connectivity index is 2.13. The van der Waals surface area contributed by atoms with Gasteiger partial charge < -0.3 is 10.4 Å². The molecule has 88 valence electrons. The van der Waals surface area contributed by atoms with Crippen molar-refractivity contribution in [2.45, 2.75) is 6.54 Å². The topological polar surface area (TPSA) is 45.1 Å². The van der Waals surface area contributed by atoms with E-state index < -0.39 is 0 Å². The molecule has 2 N–H and O–H groups in total. The SMILES string of the molecule is Oc1cccc(Cl)c1CNc1cncc(Br)c1. The molecular formula is C12H10BrClN2O. The van der Waals surface area contributed by atoms with E-state index in [-0.39, 0.29) is 5.75 Å². The number of pyridine rings is 1. The van der Waals surface area contributed by atoms with Gasteiger partial charge in [0.25, 0.3) is 0 Å². The summed E-state index contributed by atoms with van der Waals surface area (Å²) in [7, 11) is 0. The van der Waals surface area contributed by atoms with E-state index in [9.17, 15) is 5.11 Å².